The van der Waals surface area contributed by atoms with Crippen molar-refractivity contribution < 1.29 is 8.42 Å². The number of nitrogens with zero attached hydrogens (tertiary/aromatic N) is 2. The molecule has 1 N–H and O–H groups in total. The zero-order chi connectivity index (χ0) is 15.5. The maximum absolute atomic E-state index is 12.7. The van der Waals surface area contributed by atoms with Crippen molar-refractivity contribution >= 4 is 21.6 Å². The average molecular weight is 328 g/mol. The van der Waals surface area contributed by atoms with Gasteiger partial charge in [0, 0.05) is 13.1 Å². The summed E-state index contributed by atoms with van der Waals surface area (Å²) in [6, 6.07) is 6.42. The minimum Gasteiger partial charge on any atom is -0.319 e. The van der Waals surface area contributed by atoms with Crippen LogP contribution in [0.25, 0.3) is 0 Å². The first kappa shape index (κ1) is 16.2. The van der Waals surface area contributed by atoms with Gasteiger partial charge in [0.25, 0.3) is 0 Å². The second-order valence-corrected chi connectivity index (χ2v) is 7.44. The summed E-state index contributed by atoms with van der Waals surface area (Å²) in [5.41, 5.74) is 0.0246. The molecule has 1 aliphatic heterocycles. The molecule has 1 fully saturated rings. The molecule has 7 heteroatoms. The molecule has 114 valence electrons. The summed E-state index contributed by atoms with van der Waals surface area (Å²) in [7, 11) is -1.76. The summed E-state index contributed by atoms with van der Waals surface area (Å²) in [5.74, 6) is 0.497. The van der Waals surface area contributed by atoms with Crippen LogP contribution in [-0.4, -0.2) is 39.4 Å². The van der Waals surface area contributed by atoms with Gasteiger partial charge in [-0.2, -0.15) is 9.57 Å². The smallest absolute Gasteiger partial charge is 0.244 e. The Morgan fingerprint density at radius 3 is 2.67 bits per heavy atom. The van der Waals surface area contributed by atoms with Crippen molar-refractivity contribution in [1.29, 1.82) is 5.26 Å². The highest BCUT2D eigenvalue weighted by Crippen LogP contribution is 2.28. The van der Waals surface area contributed by atoms with E-state index in [4.69, 9.17) is 16.9 Å². The summed E-state index contributed by atoms with van der Waals surface area (Å²) in [5, 5.41) is 12.4. The SMILES string of the molecule is CNCC1CCN(S(=O)(=O)c2cccc(Cl)c2C#N)CC1. The number of hydrogen-bond donors (Lipinski definition) is 1. The lowest BCUT2D eigenvalue weighted by Crippen LogP contribution is -2.40. The number of rotatable bonds is 4. The summed E-state index contributed by atoms with van der Waals surface area (Å²) >= 11 is 5.93. The van der Waals surface area contributed by atoms with Crippen molar-refractivity contribution in [1.82, 2.24) is 9.62 Å². The molecule has 1 aromatic rings. The van der Waals surface area contributed by atoms with E-state index >= 15 is 0 Å². The molecule has 0 amide bonds. The summed E-state index contributed by atoms with van der Waals surface area (Å²) in [6.07, 6.45) is 1.64. The Hall–Kier alpha value is -1.13. The molecular formula is C14H18ClN3O2S. The number of halogens is 1. The van der Waals surface area contributed by atoms with Crippen LogP contribution in [0.5, 0.6) is 0 Å². The Morgan fingerprint density at radius 1 is 1.43 bits per heavy atom. The quantitative estimate of drug-likeness (QED) is 0.915. The van der Waals surface area contributed by atoms with E-state index in [-0.39, 0.29) is 15.5 Å². The van der Waals surface area contributed by atoms with Crippen LogP contribution in [0.2, 0.25) is 5.02 Å². The molecule has 1 aromatic carbocycles. The van der Waals surface area contributed by atoms with E-state index in [1.807, 2.05) is 13.1 Å². The molecule has 0 radical (unpaired) electrons. The van der Waals surface area contributed by atoms with Crippen molar-refractivity contribution in [2.24, 2.45) is 5.92 Å². The number of sulfonamides is 1. The number of piperidine rings is 1. The maximum Gasteiger partial charge on any atom is 0.244 e. The van der Waals surface area contributed by atoms with E-state index in [2.05, 4.69) is 5.32 Å². The van der Waals surface area contributed by atoms with E-state index in [0.29, 0.717) is 19.0 Å². The lowest BCUT2D eigenvalue weighted by Gasteiger charge is -2.31. The van der Waals surface area contributed by atoms with Gasteiger partial charge in [-0.1, -0.05) is 17.7 Å². The van der Waals surface area contributed by atoms with Gasteiger partial charge < -0.3 is 5.32 Å². The summed E-state index contributed by atoms with van der Waals surface area (Å²) < 4.78 is 26.8. The van der Waals surface area contributed by atoms with Gasteiger partial charge in [-0.15, -0.1) is 0 Å². The number of hydrogen-bond acceptors (Lipinski definition) is 4. The highest BCUT2D eigenvalue weighted by molar-refractivity contribution is 7.89. The molecule has 0 saturated carbocycles. The molecule has 5 nitrogen and oxygen atoms in total. The third-order valence-electron chi connectivity index (χ3n) is 3.77. The minimum absolute atomic E-state index is 0.00423. The highest BCUT2D eigenvalue weighted by Gasteiger charge is 2.31. The predicted octanol–water partition coefficient (Wildman–Crippen LogP) is 1.83. The lowest BCUT2D eigenvalue weighted by atomic mass is 9.98. The third kappa shape index (κ3) is 3.38. The Labute approximate surface area is 130 Å². The molecule has 0 bridgehead atoms. The standard InChI is InChI=1S/C14H18ClN3O2S/c1-17-10-11-5-7-18(8-6-11)21(19,20)14-4-2-3-13(15)12(14)9-16/h2-4,11,17H,5-8,10H2,1H3. The molecule has 2 rings (SSSR count). The first-order chi connectivity index (χ1) is 10.0. The van der Waals surface area contributed by atoms with Crippen LogP contribution in [0.1, 0.15) is 18.4 Å². The van der Waals surface area contributed by atoms with Gasteiger partial charge in [0.2, 0.25) is 10.0 Å². The van der Waals surface area contributed by atoms with Gasteiger partial charge in [0.15, 0.2) is 0 Å². The zero-order valence-corrected chi connectivity index (χ0v) is 13.4. The van der Waals surface area contributed by atoms with Crippen LogP contribution >= 0.6 is 11.6 Å². The molecule has 21 heavy (non-hydrogen) atoms. The van der Waals surface area contributed by atoms with Crippen LogP contribution in [0.15, 0.2) is 23.1 Å². The average Bonchev–Trinajstić information content (AvgIpc) is 2.48. The second-order valence-electron chi connectivity index (χ2n) is 5.13. The fourth-order valence-electron chi connectivity index (χ4n) is 2.61. The van der Waals surface area contributed by atoms with Crippen LogP contribution in [0.3, 0.4) is 0 Å². The number of benzene rings is 1. The van der Waals surface area contributed by atoms with E-state index in [9.17, 15) is 8.42 Å². The van der Waals surface area contributed by atoms with Crippen LogP contribution in [-0.2, 0) is 10.0 Å². The van der Waals surface area contributed by atoms with Crippen molar-refractivity contribution in [3.8, 4) is 6.07 Å². The fraction of sp³-hybridized carbons (Fsp3) is 0.500. The first-order valence-electron chi connectivity index (χ1n) is 6.84. The van der Waals surface area contributed by atoms with E-state index in [1.165, 1.54) is 16.4 Å². The van der Waals surface area contributed by atoms with Crippen molar-refractivity contribution in [3.05, 3.63) is 28.8 Å². The third-order valence-corrected chi connectivity index (χ3v) is 6.03. The number of nitrogens with one attached hydrogen (secondary N) is 1. The van der Waals surface area contributed by atoms with E-state index in [1.54, 1.807) is 6.07 Å². The molecule has 1 aliphatic rings. The second kappa shape index (κ2) is 6.75. The molecule has 0 unspecified atom stereocenters. The Bertz CT molecular complexity index is 647. The molecule has 1 saturated heterocycles. The van der Waals surface area contributed by atoms with Gasteiger partial charge in [0.1, 0.15) is 11.0 Å². The zero-order valence-electron chi connectivity index (χ0n) is 11.8. The largest absolute Gasteiger partial charge is 0.319 e. The lowest BCUT2D eigenvalue weighted by molar-refractivity contribution is 0.270. The number of nitriles is 1. The summed E-state index contributed by atoms with van der Waals surface area (Å²) in [6.45, 7) is 1.85. The first-order valence-corrected chi connectivity index (χ1v) is 8.66. The Morgan fingerprint density at radius 2 is 2.10 bits per heavy atom. The van der Waals surface area contributed by atoms with Crippen molar-refractivity contribution in [3.63, 3.8) is 0 Å². The molecule has 0 atom stereocenters. The van der Waals surface area contributed by atoms with Crippen LogP contribution < -0.4 is 5.32 Å². The van der Waals surface area contributed by atoms with Gasteiger partial charge in [-0.05, 0) is 44.5 Å². The molecule has 0 aromatic heterocycles. The van der Waals surface area contributed by atoms with Crippen LogP contribution in [0.4, 0.5) is 0 Å². The van der Waals surface area contributed by atoms with Gasteiger partial charge in [-0.25, -0.2) is 8.42 Å². The Balaban J connectivity index is 2.25. The fourth-order valence-corrected chi connectivity index (χ4v) is 4.52. The Kier molecular flexibility index (Phi) is 5.22. The predicted molar refractivity (Wildman–Crippen MR) is 81.6 cm³/mol. The monoisotopic (exact) mass is 327 g/mol. The van der Waals surface area contributed by atoms with Gasteiger partial charge in [0.05, 0.1) is 10.6 Å². The molecular weight excluding hydrogens is 310 g/mol. The minimum atomic E-state index is -3.66. The highest BCUT2D eigenvalue weighted by atomic mass is 35.5. The van der Waals surface area contributed by atoms with Gasteiger partial charge in [-0.3, -0.25) is 0 Å². The van der Waals surface area contributed by atoms with Gasteiger partial charge >= 0.3 is 0 Å². The molecule has 1 heterocycles. The summed E-state index contributed by atoms with van der Waals surface area (Å²) in [4.78, 5) is 0.00423. The van der Waals surface area contributed by atoms with Crippen molar-refractivity contribution in [2.75, 3.05) is 26.7 Å². The van der Waals surface area contributed by atoms with Crippen LogP contribution in [0, 0.1) is 17.2 Å². The van der Waals surface area contributed by atoms with E-state index < -0.39 is 10.0 Å². The molecule has 0 aliphatic carbocycles. The molecule has 0 spiro atoms. The topological polar surface area (TPSA) is 73.2 Å². The normalized spacial score (nSPS) is 17.6. The maximum atomic E-state index is 12.7. The van der Waals surface area contributed by atoms with E-state index in [0.717, 1.165) is 19.4 Å². The van der Waals surface area contributed by atoms with Crippen molar-refractivity contribution in [2.45, 2.75) is 17.7 Å².